The minimum absolute atomic E-state index is 0.434. The van der Waals surface area contributed by atoms with Crippen LogP contribution in [0.5, 0.6) is 0 Å². The van der Waals surface area contributed by atoms with Crippen molar-refractivity contribution in [3.05, 3.63) is 34.9 Å². The second-order valence-electron chi connectivity index (χ2n) is 5.20. The summed E-state index contributed by atoms with van der Waals surface area (Å²) in [6.07, 6.45) is 3.83. The highest BCUT2D eigenvalue weighted by atomic mass is 14.9. The third kappa shape index (κ3) is 2.01. The van der Waals surface area contributed by atoms with Gasteiger partial charge in [0.25, 0.3) is 0 Å². The third-order valence-corrected chi connectivity index (χ3v) is 4.19. The summed E-state index contributed by atoms with van der Waals surface area (Å²) in [5, 5.41) is 3.47. The van der Waals surface area contributed by atoms with Crippen LogP contribution in [0.4, 0.5) is 0 Å². The highest BCUT2D eigenvalue weighted by Crippen LogP contribution is 2.38. The zero-order chi connectivity index (χ0) is 11.6. The molecule has 0 spiro atoms. The first kappa shape index (κ1) is 11.7. The monoisotopic (exact) mass is 217 g/mol. The van der Waals surface area contributed by atoms with Crippen LogP contribution in [0.15, 0.2) is 18.2 Å². The van der Waals surface area contributed by atoms with Gasteiger partial charge in [-0.15, -0.1) is 0 Å². The molecule has 1 saturated heterocycles. The summed E-state index contributed by atoms with van der Waals surface area (Å²) >= 11 is 0. The zero-order valence-corrected chi connectivity index (χ0v) is 10.8. The Morgan fingerprint density at radius 2 is 1.88 bits per heavy atom. The molecule has 88 valence electrons. The minimum Gasteiger partial charge on any atom is -0.317 e. The van der Waals surface area contributed by atoms with Gasteiger partial charge in [0.1, 0.15) is 0 Å². The van der Waals surface area contributed by atoms with E-state index in [0.717, 1.165) is 0 Å². The highest BCUT2D eigenvalue weighted by molar-refractivity contribution is 5.37. The largest absolute Gasteiger partial charge is 0.317 e. The number of benzene rings is 1. The number of hydrogen-bond donors (Lipinski definition) is 1. The van der Waals surface area contributed by atoms with E-state index in [1.54, 1.807) is 5.56 Å². The van der Waals surface area contributed by atoms with Crippen LogP contribution in [0.1, 0.15) is 42.9 Å². The Kier molecular flexibility index (Phi) is 3.34. The van der Waals surface area contributed by atoms with Gasteiger partial charge in [-0.05, 0) is 62.7 Å². The van der Waals surface area contributed by atoms with Gasteiger partial charge in [-0.3, -0.25) is 0 Å². The van der Waals surface area contributed by atoms with Crippen LogP contribution < -0.4 is 5.32 Å². The Bertz CT molecular complexity index is 362. The van der Waals surface area contributed by atoms with Gasteiger partial charge in [-0.25, -0.2) is 0 Å². The lowest BCUT2D eigenvalue weighted by atomic mass is 9.70. The second kappa shape index (κ2) is 4.58. The maximum Gasteiger partial charge on any atom is -0.00229 e. The summed E-state index contributed by atoms with van der Waals surface area (Å²) in [7, 11) is 0. The average molecular weight is 217 g/mol. The number of rotatable bonds is 2. The van der Waals surface area contributed by atoms with Gasteiger partial charge in [-0.2, -0.15) is 0 Å². The highest BCUT2D eigenvalue weighted by Gasteiger charge is 2.32. The summed E-state index contributed by atoms with van der Waals surface area (Å²) in [4.78, 5) is 0. The van der Waals surface area contributed by atoms with Crippen molar-refractivity contribution in [2.45, 2.75) is 45.4 Å². The summed E-state index contributed by atoms with van der Waals surface area (Å²) in [5.74, 6) is 0. The van der Waals surface area contributed by atoms with E-state index in [0.29, 0.717) is 5.41 Å². The van der Waals surface area contributed by atoms with Crippen molar-refractivity contribution in [3.63, 3.8) is 0 Å². The van der Waals surface area contributed by atoms with Crippen molar-refractivity contribution >= 4 is 0 Å². The Hall–Kier alpha value is -0.820. The molecule has 1 aromatic carbocycles. The Labute approximate surface area is 99.3 Å². The van der Waals surface area contributed by atoms with Crippen molar-refractivity contribution in [1.29, 1.82) is 0 Å². The maximum absolute atomic E-state index is 3.47. The van der Waals surface area contributed by atoms with Crippen molar-refractivity contribution in [3.8, 4) is 0 Å². The molecule has 0 amide bonds. The van der Waals surface area contributed by atoms with Crippen LogP contribution in [0, 0.1) is 13.8 Å². The van der Waals surface area contributed by atoms with E-state index in [1.807, 2.05) is 0 Å². The van der Waals surface area contributed by atoms with Gasteiger partial charge in [0.15, 0.2) is 0 Å². The fraction of sp³-hybridized carbons (Fsp3) is 0.600. The van der Waals surface area contributed by atoms with E-state index in [2.05, 4.69) is 44.3 Å². The van der Waals surface area contributed by atoms with Gasteiger partial charge >= 0.3 is 0 Å². The van der Waals surface area contributed by atoms with Crippen molar-refractivity contribution < 1.29 is 0 Å². The van der Waals surface area contributed by atoms with Crippen molar-refractivity contribution in [1.82, 2.24) is 5.32 Å². The lowest BCUT2D eigenvalue weighted by molar-refractivity contribution is 0.296. The van der Waals surface area contributed by atoms with Gasteiger partial charge < -0.3 is 5.32 Å². The van der Waals surface area contributed by atoms with E-state index in [1.165, 1.54) is 43.5 Å². The Morgan fingerprint density at radius 3 is 2.44 bits per heavy atom. The van der Waals surface area contributed by atoms with E-state index >= 15 is 0 Å². The molecule has 2 rings (SSSR count). The summed E-state index contributed by atoms with van der Waals surface area (Å²) in [6, 6.07) is 6.95. The van der Waals surface area contributed by atoms with Gasteiger partial charge in [-0.1, -0.05) is 30.7 Å². The van der Waals surface area contributed by atoms with Crippen LogP contribution in [0.3, 0.4) is 0 Å². The van der Waals surface area contributed by atoms with E-state index in [9.17, 15) is 0 Å². The first-order chi connectivity index (χ1) is 7.68. The number of hydrogen-bond acceptors (Lipinski definition) is 1. The summed E-state index contributed by atoms with van der Waals surface area (Å²) < 4.78 is 0. The molecule has 0 atom stereocenters. The molecular formula is C15H23N. The lowest BCUT2D eigenvalue weighted by Crippen LogP contribution is -2.39. The standard InChI is InChI=1S/C15H23N/c1-4-15(7-9-16-10-8-15)14-6-5-12(2)11-13(14)3/h5-6,11,16H,4,7-10H2,1-3H3. The van der Waals surface area contributed by atoms with Crippen molar-refractivity contribution in [2.24, 2.45) is 0 Å². The molecule has 0 bridgehead atoms. The van der Waals surface area contributed by atoms with E-state index in [4.69, 9.17) is 0 Å². The lowest BCUT2D eigenvalue weighted by Gasteiger charge is -2.38. The molecule has 1 aliphatic heterocycles. The minimum atomic E-state index is 0.434. The van der Waals surface area contributed by atoms with Crippen LogP contribution in [0.2, 0.25) is 0 Å². The quantitative estimate of drug-likeness (QED) is 0.801. The predicted molar refractivity (Wildman–Crippen MR) is 70.0 cm³/mol. The normalized spacial score (nSPS) is 19.7. The number of aryl methyl sites for hydroxylation is 2. The topological polar surface area (TPSA) is 12.0 Å². The maximum atomic E-state index is 3.47. The molecule has 0 unspecified atom stereocenters. The average Bonchev–Trinajstić information content (AvgIpc) is 2.30. The molecule has 1 heteroatoms. The molecule has 1 nitrogen and oxygen atoms in total. The van der Waals surface area contributed by atoms with Crippen LogP contribution >= 0.6 is 0 Å². The van der Waals surface area contributed by atoms with Gasteiger partial charge in [0.05, 0.1) is 0 Å². The van der Waals surface area contributed by atoms with Crippen LogP contribution in [0.25, 0.3) is 0 Å². The molecule has 0 saturated carbocycles. The summed E-state index contributed by atoms with van der Waals surface area (Å²) in [5.41, 5.74) is 4.87. The fourth-order valence-corrected chi connectivity index (χ4v) is 3.13. The molecular weight excluding hydrogens is 194 g/mol. The number of piperidine rings is 1. The molecule has 0 aliphatic carbocycles. The molecule has 1 aliphatic rings. The van der Waals surface area contributed by atoms with Crippen LogP contribution in [-0.4, -0.2) is 13.1 Å². The van der Waals surface area contributed by atoms with E-state index < -0.39 is 0 Å². The molecule has 1 N–H and O–H groups in total. The first-order valence-electron chi connectivity index (χ1n) is 6.46. The molecule has 1 heterocycles. The number of nitrogens with one attached hydrogen (secondary N) is 1. The SMILES string of the molecule is CCC1(c2ccc(C)cc2C)CCNCC1. The molecule has 0 radical (unpaired) electrons. The van der Waals surface area contributed by atoms with Gasteiger partial charge in [0, 0.05) is 0 Å². The Morgan fingerprint density at radius 1 is 1.19 bits per heavy atom. The first-order valence-corrected chi connectivity index (χ1v) is 6.46. The van der Waals surface area contributed by atoms with Crippen LogP contribution in [-0.2, 0) is 5.41 Å². The predicted octanol–water partition coefficient (Wildman–Crippen LogP) is 3.33. The third-order valence-electron chi connectivity index (χ3n) is 4.19. The zero-order valence-electron chi connectivity index (χ0n) is 10.8. The molecule has 16 heavy (non-hydrogen) atoms. The van der Waals surface area contributed by atoms with Crippen molar-refractivity contribution in [2.75, 3.05) is 13.1 Å². The fourth-order valence-electron chi connectivity index (χ4n) is 3.13. The summed E-state index contributed by atoms with van der Waals surface area (Å²) in [6.45, 7) is 9.12. The molecule has 1 aromatic rings. The Balaban J connectivity index is 2.39. The molecule has 0 aromatic heterocycles. The molecule has 1 fully saturated rings. The van der Waals surface area contributed by atoms with E-state index in [-0.39, 0.29) is 0 Å². The smallest absolute Gasteiger partial charge is 0.00229 e. The van der Waals surface area contributed by atoms with Gasteiger partial charge in [0.2, 0.25) is 0 Å². The second-order valence-corrected chi connectivity index (χ2v) is 5.20.